The minimum Gasteiger partial charge on any atom is -0.462 e. The number of amides is 1. The zero-order valence-electron chi connectivity index (χ0n) is 15.8. The predicted octanol–water partition coefficient (Wildman–Crippen LogP) is 2.38. The van der Waals surface area contributed by atoms with Crippen molar-refractivity contribution in [3.8, 4) is 10.8 Å². The minimum atomic E-state index is -0.157. The molecule has 0 radical (unpaired) electrons. The van der Waals surface area contributed by atoms with Crippen LogP contribution >= 0.6 is 11.3 Å². The molecule has 8 nitrogen and oxygen atoms in total. The predicted molar refractivity (Wildman–Crippen MR) is 104 cm³/mol. The van der Waals surface area contributed by atoms with Crippen molar-refractivity contribution < 1.29 is 9.21 Å². The van der Waals surface area contributed by atoms with Gasteiger partial charge in [-0.3, -0.25) is 14.2 Å². The van der Waals surface area contributed by atoms with Gasteiger partial charge in [-0.2, -0.15) is 0 Å². The monoisotopic (exact) mass is 399 g/mol. The molecular formula is C19H21N5O3S. The van der Waals surface area contributed by atoms with Gasteiger partial charge >= 0.3 is 0 Å². The molecule has 3 aromatic rings. The molecule has 3 aromatic heterocycles. The van der Waals surface area contributed by atoms with Gasteiger partial charge in [0.15, 0.2) is 10.8 Å². The molecular weight excluding hydrogens is 378 g/mol. The van der Waals surface area contributed by atoms with Crippen LogP contribution in [0.3, 0.4) is 0 Å². The van der Waals surface area contributed by atoms with Gasteiger partial charge in [0, 0.05) is 30.3 Å². The van der Waals surface area contributed by atoms with E-state index >= 15 is 0 Å². The Morgan fingerprint density at radius 3 is 2.79 bits per heavy atom. The SMILES string of the molecule is Cc1ncn(CC(=O)N2CCC(c3nnc(-c4ccco4)s3)CC2)c(=O)c1C. The van der Waals surface area contributed by atoms with Crippen molar-refractivity contribution in [2.24, 2.45) is 0 Å². The zero-order valence-corrected chi connectivity index (χ0v) is 16.6. The van der Waals surface area contributed by atoms with Crippen molar-refractivity contribution in [3.63, 3.8) is 0 Å². The first-order valence-electron chi connectivity index (χ1n) is 9.20. The van der Waals surface area contributed by atoms with Gasteiger partial charge in [-0.1, -0.05) is 11.3 Å². The summed E-state index contributed by atoms with van der Waals surface area (Å²) in [6.45, 7) is 4.84. The normalized spacial score (nSPS) is 15.1. The van der Waals surface area contributed by atoms with E-state index in [0.717, 1.165) is 28.6 Å². The standard InChI is InChI=1S/C19H21N5O3S/c1-12-13(2)20-11-24(19(12)26)10-16(25)23-7-5-14(6-8-23)17-21-22-18(28-17)15-4-3-9-27-15/h3-4,9,11,14H,5-8,10H2,1-2H3. The molecule has 1 aliphatic heterocycles. The lowest BCUT2D eigenvalue weighted by molar-refractivity contribution is -0.133. The van der Waals surface area contributed by atoms with Gasteiger partial charge in [-0.15, -0.1) is 10.2 Å². The summed E-state index contributed by atoms with van der Waals surface area (Å²) in [6.07, 6.45) is 4.74. The Morgan fingerprint density at radius 2 is 2.07 bits per heavy atom. The third-order valence-electron chi connectivity index (χ3n) is 5.19. The van der Waals surface area contributed by atoms with Crippen LogP contribution in [0, 0.1) is 13.8 Å². The fourth-order valence-corrected chi connectivity index (χ4v) is 4.29. The van der Waals surface area contributed by atoms with E-state index in [0.29, 0.717) is 24.3 Å². The second-order valence-electron chi connectivity index (χ2n) is 6.97. The van der Waals surface area contributed by atoms with E-state index < -0.39 is 0 Å². The molecule has 1 amide bonds. The topological polar surface area (TPSA) is 94.1 Å². The lowest BCUT2D eigenvalue weighted by atomic mass is 9.97. The molecule has 0 aliphatic carbocycles. The summed E-state index contributed by atoms with van der Waals surface area (Å²) in [5.41, 5.74) is 1.12. The van der Waals surface area contributed by atoms with Crippen molar-refractivity contribution in [1.29, 1.82) is 0 Å². The number of carbonyl (C=O) groups is 1. The molecule has 28 heavy (non-hydrogen) atoms. The maximum absolute atomic E-state index is 12.6. The first-order chi connectivity index (χ1) is 13.5. The number of rotatable bonds is 4. The number of hydrogen-bond acceptors (Lipinski definition) is 7. The molecule has 0 atom stereocenters. The molecule has 9 heteroatoms. The summed E-state index contributed by atoms with van der Waals surface area (Å²) in [6, 6.07) is 3.70. The Morgan fingerprint density at radius 1 is 1.29 bits per heavy atom. The average Bonchev–Trinajstić information content (AvgIpc) is 3.40. The van der Waals surface area contributed by atoms with Crippen LogP contribution in [0.1, 0.15) is 35.0 Å². The molecule has 1 fully saturated rings. The summed E-state index contributed by atoms with van der Waals surface area (Å²) in [5, 5.41) is 10.3. The van der Waals surface area contributed by atoms with Crippen LogP contribution in [-0.2, 0) is 11.3 Å². The highest BCUT2D eigenvalue weighted by molar-refractivity contribution is 7.14. The Hall–Kier alpha value is -2.81. The quantitative estimate of drug-likeness (QED) is 0.669. The molecule has 4 heterocycles. The fourth-order valence-electron chi connectivity index (χ4n) is 3.31. The molecule has 0 unspecified atom stereocenters. The molecule has 0 spiro atoms. The van der Waals surface area contributed by atoms with Gasteiger partial charge in [-0.05, 0) is 38.8 Å². The second kappa shape index (κ2) is 7.67. The molecule has 4 rings (SSSR count). The van der Waals surface area contributed by atoms with E-state index in [9.17, 15) is 9.59 Å². The van der Waals surface area contributed by atoms with E-state index in [1.165, 1.54) is 10.9 Å². The van der Waals surface area contributed by atoms with Crippen LogP contribution < -0.4 is 5.56 Å². The van der Waals surface area contributed by atoms with Gasteiger partial charge in [0.05, 0.1) is 12.6 Å². The number of hydrogen-bond donors (Lipinski definition) is 0. The smallest absolute Gasteiger partial charge is 0.256 e. The number of aryl methyl sites for hydroxylation is 1. The zero-order chi connectivity index (χ0) is 19.7. The highest BCUT2D eigenvalue weighted by atomic mass is 32.1. The van der Waals surface area contributed by atoms with Crippen LogP contribution in [0.2, 0.25) is 0 Å². The first-order valence-corrected chi connectivity index (χ1v) is 10.0. The molecule has 146 valence electrons. The van der Waals surface area contributed by atoms with E-state index in [2.05, 4.69) is 15.2 Å². The Labute approximate surface area is 165 Å². The number of furan rings is 1. The summed E-state index contributed by atoms with van der Waals surface area (Å²) in [5.74, 6) is 0.958. The maximum atomic E-state index is 12.6. The molecule has 1 aliphatic rings. The number of piperidine rings is 1. The largest absolute Gasteiger partial charge is 0.462 e. The average molecular weight is 399 g/mol. The van der Waals surface area contributed by atoms with E-state index in [1.54, 1.807) is 31.4 Å². The number of carbonyl (C=O) groups excluding carboxylic acids is 1. The molecule has 0 bridgehead atoms. The van der Waals surface area contributed by atoms with Gasteiger partial charge in [0.25, 0.3) is 5.56 Å². The van der Waals surface area contributed by atoms with Gasteiger partial charge in [0.1, 0.15) is 11.6 Å². The molecule has 1 saturated heterocycles. The van der Waals surface area contributed by atoms with Crippen molar-refractivity contribution in [2.45, 2.75) is 39.2 Å². The Kier molecular flexibility index (Phi) is 5.08. The van der Waals surface area contributed by atoms with E-state index in [-0.39, 0.29) is 23.9 Å². The minimum absolute atomic E-state index is 0.0269. The third-order valence-corrected chi connectivity index (χ3v) is 6.29. The number of nitrogens with zero attached hydrogens (tertiary/aromatic N) is 5. The first kappa shape index (κ1) is 18.5. The van der Waals surface area contributed by atoms with Crippen molar-refractivity contribution in [1.82, 2.24) is 24.6 Å². The van der Waals surface area contributed by atoms with Crippen LogP contribution in [0.4, 0.5) is 0 Å². The van der Waals surface area contributed by atoms with Crippen LogP contribution in [-0.4, -0.2) is 43.6 Å². The van der Waals surface area contributed by atoms with Gasteiger partial charge in [0.2, 0.25) is 5.91 Å². The highest BCUT2D eigenvalue weighted by Gasteiger charge is 2.27. The highest BCUT2D eigenvalue weighted by Crippen LogP contribution is 2.33. The van der Waals surface area contributed by atoms with Gasteiger partial charge in [-0.25, -0.2) is 4.98 Å². The fraction of sp³-hybridized carbons (Fsp3) is 0.421. The third kappa shape index (κ3) is 3.62. The second-order valence-corrected chi connectivity index (χ2v) is 7.97. The number of likely N-dealkylation sites (tertiary alicyclic amines) is 1. The van der Waals surface area contributed by atoms with Crippen molar-refractivity contribution in [2.75, 3.05) is 13.1 Å². The molecule has 0 aromatic carbocycles. The van der Waals surface area contributed by atoms with E-state index in [1.807, 2.05) is 17.0 Å². The van der Waals surface area contributed by atoms with Crippen molar-refractivity contribution >= 4 is 17.2 Å². The van der Waals surface area contributed by atoms with Crippen LogP contribution in [0.5, 0.6) is 0 Å². The van der Waals surface area contributed by atoms with Crippen molar-refractivity contribution in [3.05, 3.63) is 51.3 Å². The lowest BCUT2D eigenvalue weighted by Gasteiger charge is -2.31. The lowest BCUT2D eigenvalue weighted by Crippen LogP contribution is -2.41. The molecule has 0 N–H and O–H groups in total. The van der Waals surface area contributed by atoms with Gasteiger partial charge < -0.3 is 9.32 Å². The Balaban J connectivity index is 1.37. The Bertz CT molecular complexity index is 1030. The van der Waals surface area contributed by atoms with E-state index in [4.69, 9.17) is 4.42 Å². The summed E-state index contributed by atoms with van der Waals surface area (Å²) >= 11 is 1.54. The number of aromatic nitrogens is 4. The van der Waals surface area contributed by atoms with Crippen LogP contribution in [0.25, 0.3) is 10.8 Å². The summed E-state index contributed by atoms with van der Waals surface area (Å²) in [4.78, 5) is 30.9. The van der Waals surface area contributed by atoms with Crippen LogP contribution in [0.15, 0.2) is 33.9 Å². The summed E-state index contributed by atoms with van der Waals surface area (Å²) < 4.78 is 6.76. The molecule has 0 saturated carbocycles. The maximum Gasteiger partial charge on any atom is 0.256 e. The summed E-state index contributed by atoms with van der Waals surface area (Å²) in [7, 11) is 0.